The molecule has 0 N–H and O–H groups in total. The number of halogens is 1. The maximum atomic E-state index is 13.6. The zero-order chi connectivity index (χ0) is 19.4. The van der Waals surface area contributed by atoms with Crippen molar-refractivity contribution in [1.29, 1.82) is 0 Å². The van der Waals surface area contributed by atoms with E-state index in [0.29, 0.717) is 11.1 Å². The molecule has 1 aromatic heterocycles. The predicted octanol–water partition coefficient (Wildman–Crippen LogP) is 3.38. The third kappa shape index (κ3) is 4.32. The van der Waals surface area contributed by atoms with Crippen LogP contribution in [-0.2, 0) is 22.6 Å². The highest BCUT2D eigenvalue weighted by Crippen LogP contribution is 2.20. The zero-order valence-corrected chi connectivity index (χ0v) is 14.2. The minimum absolute atomic E-state index is 0.0295. The van der Waals surface area contributed by atoms with Crippen molar-refractivity contribution in [2.24, 2.45) is 0 Å². The first-order valence-electron chi connectivity index (χ1n) is 7.91. The molecule has 138 valence electrons. The average Bonchev–Trinajstić information content (AvgIpc) is 3.11. The Bertz CT molecular complexity index is 1000. The predicted molar refractivity (Wildman–Crippen MR) is 91.0 cm³/mol. The lowest BCUT2D eigenvalue weighted by molar-refractivity contribution is -0.385. The van der Waals surface area contributed by atoms with Gasteiger partial charge in [0.2, 0.25) is 5.82 Å². The number of nitro benzene ring substituents is 1. The van der Waals surface area contributed by atoms with Crippen molar-refractivity contribution in [1.82, 2.24) is 10.1 Å². The van der Waals surface area contributed by atoms with Crippen LogP contribution in [0.4, 0.5) is 10.1 Å². The Morgan fingerprint density at radius 3 is 2.81 bits per heavy atom. The first-order valence-corrected chi connectivity index (χ1v) is 7.91. The van der Waals surface area contributed by atoms with E-state index in [0.717, 1.165) is 0 Å². The Labute approximate surface area is 152 Å². The Morgan fingerprint density at radius 1 is 1.30 bits per heavy atom. The van der Waals surface area contributed by atoms with E-state index >= 15 is 0 Å². The van der Waals surface area contributed by atoms with Gasteiger partial charge in [-0.05, 0) is 18.6 Å². The first-order chi connectivity index (χ1) is 12.9. The van der Waals surface area contributed by atoms with Gasteiger partial charge < -0.3 is 9.26 Å². The van der Waals surface area contributed by atoms with Gasteiger partial charge in [0.05, 0.1) is 11.3 Å². The Hall–Kier alpha value is -3.62. The van der Waals surface area contributed by atoms with E-state index in [-0.39, 0.29) is 36.0 Å². The summed E-state index contributed by atoms with van der Waals surface area (Å²) >= 11 is 0. The van der Waals surface area contributed by atoms with Gasteiger partial charge in [-0.1, -0.05) is 35.5 Å². The highest BCUT2D eigenvalue weighted by molar-refractivity contribution is 5.74. The number of carbonyl (C=O) groups is 1. The van der Waals surface area contributed by atoms with Gasteiger partial charge in [-0.15, -0.1) is 0 Å². The normalized spacial score (nSPS) is 10.6. The summed E-state index contributed by atoms with van der Waals surface area (Å²) in [5.41, 5.74) is 1.01. The Balaban J connectivity index is 1.62. The van der Waals surface area contributed by atoms with Gasteiger partial charge in [-0.25, -0.2) is 4.39 Å². The standard InChI is InChI=1S/C18H14FN3O5/c1-11-6-7-13(8-14(11)19)18-20-16(27-21-18)10-26-17(23)9-12-4-2-3-5-15(12)22(24)25/h2-8H,9-10H2,1H3. The number of aromatic nitrogens is 2. The van der Waals surface area contributed by atoms with E-state index in [1.54, 1.807) is 25.1 Å². The number of hydrogen-bond acceptors (Lipinski definition) is 7. The van der Waals surface area contributed by atoms with Crippen molar-refractivity contribution in [3.8, 4) is 11.4 Å². The Kier molecular flexibility index (Phi) is 5.20. The molecule has 2 aromatic carbocycles. The third-order valence-corrected chi connectivity index (χ3v) is 3.78. The topological polar surface area (TPSA) is 108 Å². The van der Waals surface area contributed by atoms with Crippen LogP contribution in [0, 0.1) is 22.9 Å². The zero-order valence-electron chi connectivity index (χ0n) is 14.2. The van der Waals surface area contributed by atoms with E-state index in [1.807, 2.05) is 0 Å². The number of benzene rings is 2. The van der Waals surface area contributed by atoms with E-state index in [9.17, 15) is 19.3 Å². The van der Waals surface area contributed by atoms with Gasteiger partial charge in [-0.3, -0.25) is 14.9 Å². The second kappa shape index (κ2) is 7.73. The highest BCUT2D eigenvalue weighted by Gasteiger charge is 2.17. The number of aryl methyl sites for hydroxylation is 1. The molecule has 0 spiro atoms. The summed E-state index contributed by atoms with van der Waals surface area (Å²) in [6, 6.07) is 10.4. The molecule has 0 amide bonds. The van der Waals surface area contributed by atoms with Gasteiger partial charge in [0.1, 0.15) is 5.82 Å². The van der Waals surface area contributed by atoms with Crippen LogP contribution in [-0.4, -0.2) is 21.0 Å². The molecular weight excluding hydrogens is 357 g/mol. The van der Waals surface area contributed by atoms with E-state index < -0.39 is 16.7 Å². The molecule has 0 bridgehead atoms. The van der Waals surface area contributed by atoms with Gasteiger partial charge in [0.15, 0.2) is 6.61 Å². The molecule has 0 aliphatic heterocycles. The Morgan fingerprint density at radius 2 is 2.07 bits per heavy atom. The lowest BCUT2D eigenvalue weighted by Crippen LogP contribution is -2.09. The van der Waals surface area contributed by atoms with Crippen molar-refractivity contribution in [3.05, 3.63) is 75.4 Å². The smallest absolute Gasteiger partial charge is 0.311 e. The number of ether oxygens (including phenoxy) is 1. The molecule has 9 heteroatoms. The van der Waals surface area contributed by atoms with Crippen LogP contribution in [0.2, 0.25) is 0 Å². The lowest BCUT2D eigenvalue weighted by Gasteiger charge is -2.03. The molecular formula is C18H14FN3O5. The number of nitro groups is 1. The van der Waals surface area contributed by atoms with Crippen LogP contribution in [0.5, 0.6) is 0 Å². The summed E-state index contributed by atoms with van der Waals surface area (Å²) in [6.45, 7) is 1.35. The minimum atomic E-state index is -0.676. The maximum Gasteiger partial charge on any atom is 0.311 e. The molecule has 8 nitrogen and oxygen atoms in total. The van der Waals surface area contributed by atoms with Gasteiger partial charge >= 0.3 is 5.97 Å². The highest BCUT2D eigenvalue weighted by atomic mass is 19.1. The summed E-state index contributed by atoms with van der Waals surface area (Å²) in [5.74, 6) is -0.874. The number of hydrogen-bond donors (Lipinski definition) is 0. The van der Waals surface area contributed by atoms with Crippen molar-refractivity contribution in [2.75, 3.05) is 0 Å². The lowest BCUT2D eigenvalue weighted by atomic mass is 10.1. The van der Waals surface area contributed by atoms with Gasteiger partial charge in [0, 0.05) is 17.2 Å². The molecule has 1 heterocycles. The second-order valence-electron chi connectivity index (χ2n) is 5.70. The summed E-state index contributed by atoms with van der Waals surface area (Å²) in [4.78, 5) is 26.4. The number of para-hydroxylation sites is 1. The van der Waals surface area contributed by atoms with Crippen LogP contribution >= 0.6 is 0 Å². The van der Waals surface area contributed by atoms with Gasteiger partial charge in [0.25, 0.3) is 11.6 Å². The van der Waals surface area contributed by atoms with Crippen LogP contribution < -0.4 is 0 Å². The first kappa shape index (κ1) is 18.2. The average molecular weight is 371 g/mol. The molecule has 3 aromatic rings. The van der Waals surface area contributed by atoms with Crippen LogP contribution in [0.25, 0.3) is 11.4 Å². The van der Waals surface area contributed by atoms with Crippen molar-refractivity contribution in [3.63, 3.8) is 0 Å². The summed E-state index contributed by atoms with van der Waals surface area (Å²) in [6.07, 6.45) is -0.263. The quantitative estimate of drug-likeness (QED) is 0.371. The van der Waals surface area contributed by atoms with Crippen molar-refractivity contribution < 1.29 is 23.4 Å². The molecule has 0 aliphatic carbocycles. The van der Waals surface area contributed by atoms with Crippen molar-refractivity contribution >= 4 is 11.7 Å². The number of carbonyl (C=O) groups excluding carboxylic acids is 1. The van der Waals surface area contributed by atoms with Crippen molar-refractivity contribution in [2.45, 2.75) is 20.0 Å². The summed E-state index contributed by atoms with van der Waals surface area (Å²) in [7, 11) is 0. The second-order valence-corrected chi connectivity index (χ2v) is 5.70. The van der Waals surface area contributed by atoms with Crippen LogP contribution in [0.1, 0.15) is 17.0 Å². The molecule has 0 unspecified atom stereocenters. The van der Waals surface area contributed by atoms with E-state index in [2.05, 4.69) is 10.1 Å². The molecule has 0 atom stereocenters. The van der Waals surface area contributed by atoms with Gasteiger partial charge in [-0.2, -0.15) is 4.98 Å². The van der Waals surface area contributed by atoms with E-state index in [4.69, 9.17) is 9.26 Å². The fraction of sp³-hybridized carbons (Fsp3) is 0.167. The summed E-state index contributed by atoms with van der Waals surface area (Å²) in [5, 5.41) is 14.7. The van der Waals surface area contributed by atoms with Crippen LogP contribution in [0.3, 0.4) is 0 Å². The monoisotopic (exact) mass is 371 g/mol. The molecule has 0 radical (unpaired) electrons. The minimum Gasteiger partial charge on any atom is -0.455 e. The number of nitrogens with zero attached hydrogens (tertiary/aromatic N) is 3. The summed E-state index contributed by atoms with van der Waals surface area (Å²) < 4.78 is 23.6. The molecule has 0 fully saturated rings. The SMILES string of the molecule is Cc1ccc(-c2noc(COC(=O)Cc3ccccc3[N+](=O)[O-])n2)cc1F. The molecule has 27 heavy (non-hydrogen) atoms. The maximum absolute atomic E-state index is 13.6. The number of esters is 1. The largest absolute Gasteiger partial charge is 0.455 e. The molecule has 0 saturated carbocycles. The fourth-order valence-corrected chi connectivity index (χ4v) is 2.35. The van der Waals surface area contributed by atoms with Crippen LogP contribution in [0.15, 0.2) is 47.0 Å². The molecule has 3 rings (SSSR count). The third-order valence-electron chi connectivity index (χ3n) is 3.78. The molecule has 0 aliphatic rings. The fourth-order valence-electron chi connectivity index (χ4n) is 2.35. The number of rotatable bonds is 6. The molecule has 0 saturated heterocycles. The van der Waals surface area contributed by atoms with E-state index in [1.165, 1.54) is 24.3 Å².